The van der Waals surface area contributed by atoms with Gasteiger partial charge in [-0.3, -0.25) is 14.3 Å². The van der Waals surface area contributed by atoms with Crippen molar-refractivity contribution in [3.05, 3.63) is 48.0 Å². The number of carbonyl (C=O) groups is 2. The minimum absolute atomic E-state index is 0.000103. The van der Waals surface area contributed by atoms with Crippen LogP contribution >= 0.6 is 0 Å². The van der Waals surface area contributed by atoms with E-state index in [1.807, 2.05) is 43.3 Å². The van der Waals surface area contributed by atoms with E-state index in [0.29, 0.717) is 12.3 Å². The van der Waals surface area contributed by atoms with Crippen molar-refractivity contribution in [3.63, 3.8) is 0 Å². The molecular formula is C20H24N2O4S. The van der Waals surface area contributed by atoms with E-state index in [1.165, 1.54) is 0 Å². The van der Waals surface area contributed by atoms with E-state index < -0.39 is 27.1 Å². The lowest BCUT2D eigenvalue weighted by Gasteiger charge is -2.25. The standard InChI is InChI=1S/C20H24N2O4S/c1-13(15-5-3-2-4-6-15)22-12-17(11-19(22)23)20(24)21-27(25,26)18-10-14-7-8-16(18)9-14/h2-8,13-14,16-18H,9-12H2,1H3,(H,21,24). The molecule has 3 aliphatic rings. The van der Waals surface area contributed by atoms with Crippen LogP contribution in [0.3, 0.4) is 0 Å². The van der Waals surface area contributed by atoms with Crippen molar-refractivity contribution in [2.24, 2.45) is 17.8 Å². The first kappa shape index (κ1) is 18.2. The molecule has 2 aliphatic carbocycles. The molecule has 0 radical (unpaired) electrons. The third kappa shape index (κ3) is 3.40. The average molecular weight is 388 g/mol. The minimum Gasteiger partial charge on any atom is -0.335 e. The molecule has 1 aromatic rings. The molecule has 2 bridgehead atoms. The van der Waals surface area contributed by atoms with Crippen LogP contribution in [0.5, 0.6) is 0 Å². The van der Waals surface area contributed by atoms with Crippen molar-refractivity contribution in [2.45, 2.75) is 37.5 Å². The van der Waals surface area contributed by atoms with E-state index >= 15 is 0 Å². The number of hydrogen-bond acceptors (Lipinski definition) is 4. The summed E-state index contributed by atoms with van der Waals surface area (Å²) >= 11 is 0. The van der Waals surface area contributed by atoms with Crippen LogP contribution in [0.1, 0.15) is 37.8 Å². The number of rotatable bonds is 5. The Bertz CT molecular complexity index is 881. The van der Waals surface area contributed by atoms with Gasteiger partial charge in [0.05, 0.1) is 17.2 Å². The van der Waals surface area contributed by atoms with Crippen molar-refractivity contribution in [1.29, 1.82) is 0 Å². The topological polar surface area (TPSA) is 83.6 Å². The quantitative estimate of drug-likeness (QED) is 0.782. The van der Waals surface area contributed by atoms with Crippen LogP contribution in [0.25, 0.3) is 0 Å². The third-order valence-corrected chi connectivity index (χ3v) is 7.96. The summed E-state index contributed by atoms with van der Waals surface area (Å²) in [4.78, 5) is 26.7. The zero-order valence-corrected chi connectivity index (χ0v) is 16.1. The summed E-state index contributed by atoms with van der Waals surface area (Å²) < 4.78 is 27.6. The van der Waals surface area contributed by atoms with Gasteiger partial charge in [0, 0.05) is 13.0 Å². The van der Waals surface area contributed by atoms with Gasteiger partial charge < -0.3 is 4.90 Å². The summed E-state index contributed by atoms with van der Waals surface area (Å²) in [6, 6.07) is 9.47. The van der Waals surface area contributed by atoms with E-state index in [4.69, 9.17) is 0 Å². The molecule has 5 unspecified atom stereocenters. The minimum atomic E-state index is -3.72. The van der Waals surface area contributed by atoms with Gasteiger partial charge in [-0.15, -0.1) is 0 Å². The number of hydrogen-bond donors (Lipinski definition) is 1. The van der Waals surface area contributed by atoms with Crippen molar-refractivity contribution in [2.75, 3.05) is 6.54 Å². The van der Waals surface area contributed by atoms with Crippen LogP contribution in [0.15, 0.2) is 42.5 Å². The molecule has 144 valence electrons. The van der Waals surface area contributed by atoms with E-state index in [1.54, 1.807) is 4.90 Å². The van der Waals surface area contributed by atoms with Gasteiger partial charge in [-0.25, -0.2) is 8.42 Å². The van der Waals surface area contributed by atoms with Crippen molar-refractivity contribution in [1.82, 2.24) is 9.62 Å². The lowest BCUT2D eigenvalue weighted by Crippen LogP contribution is -2.43. The molecule has 6 nitrogen and oxygen atoms in total. The summed E-state index contributed by atoms with van der Waals surface area (Å²) in [7, 11) is -3.72. The Balaban J connectivity index is 1.41. The number of benzene rings is 1. The number of nitrogens with one attached hydrogen (secondary N) is 1. The molecule has 1 aliphatic heterocycles. The molecule has 5 atom stereocenters. The fourth-order valence-electron chi connectivity index (χ4n) is 4.58. The molecule has 0 spiro atoms. The number of likely N-dealkylation sites (tertiary alicyclic amines) is 1. The molecule has 7 heteroatoms. The highest BCUT2D eigenvalue weighted by Gasteiger charge is 2.45. The third-order valence-electron chi connectivity index (χ3n) is 6.14. The Hall–Kier alpha value is -2.15. The molecule has 4 rings (SSSR count). The molecule has 1 N–H and O–H groups in total. The SMILES string of the molecule is CC(c1ccccc1)N1CC(C(=O)NS(=O)(=O)C2CC3C=CC2C3)CC1=O. The molecule has 1 aromatic carbocycles. The van der Waals surface area contributed by atoms with Gasteiger partial charge in [0.25, 0.3) is 0 Å². The first-order valence-electron chi connectivity index (χ1n) is 9.43. The molecule has 1 heterocycles. The summed E-state index contributed by atoms with van der Waals surface area (Å²) in [5.74, 6) is -1.00. The highest BCUT2D eigenvalue weighted by atomic mass is 32.2. The maximum Gasteiger partial charge on any atom is 0.238 e. The van der Waals surface area contributed by atoms with E-state index in [9.17, 15) is 18.0 Å². The first-order valence-corrected chi connectivity index (χ1v) is 11.0. The first-order chi connectivity index (χ1) is 12.8. The number of sulfonamides is 1. The van der Waals surface area contributed by atoms with Crippen molar-refractivity contribution < 1.29 is 18.0 Å². The van der Waals surface area contributed by atoms with Crippen LogP contribution in [0, 0.1) is 17.8 Å². The monoisotopic (exact) mass is 388 g/mol. The van der Waals surface area contributed by atoms with Crippen molar-refractivity contribution >= 4 is 21.8 Å². The Labute approximate surface area is 159 Å². The number of nitrogens with zero attached hydrogens (tertiary/aromatic N) is 1. The second kappa shape index (κ2) is 6.78. The fourth-order valence-corrected chi connectivity index (χ4v) is 6.34. The van der Waals surface area contributed by atoms with Gasteiger partial charge >= 0.3 is 0 Å². The summed E-state index contributed by atoms with van der Waals surface area (Å²) in [5, 5.41) is -0.534. The number of carbonyl (C=O) groups excluding carboxylic acids is 2. The second-order valence-electron chi connectivity index (χ2n) is 7.86. The molecule has 2 amide bonds. The van der Waals surface area contributed by atoms with E-state index in [-0.39, 0.29) is 30.8 Å². The van der Waals surface area contributed by atoms with Crippen LogP contribution in [0.4, 0.5) is 0 Å². The fraction of sp³-hybridized carbons (Fsp3) is 0.500. The maximum absolute atomic E-state index is 12.6. The van der Waals surface area contributed by atoms with Crippen molar-refractivity contribution in [3.8, 4) is 0 Å². The number of allylic oxidation sites excluding steroid dienone is 2. The largest absolute Gasteiger partial charge is 0.335 e. The summed E-state index contributed by atoms with van der Waals surface area (Å²) in [6.07, 6.45) is 5.49. The molecule has 1 saturated heterocycles. The van der Waals surface area contributed by atoms with Gasteiger partial charge in [0.1, 0.15) is 0 Å². The zero-order valence-electron chi connectivity index (χ0n) is 15.2. The van der Waals surface area contributed by atoms with Crippen LogP contribution < -0.4 is 4.72 Å². The molecule has 2 fully saturated rings. The van der Waals surface area contributed by atoms with Crippen LogP contribution in [-0.2, 0) is 19.6 Å². The predicted molar refractivity (Wildman–Crippen MR) is 101 cm³/mol. The number of fused-ring (bicyclic) bond motifs is 2. The number of amides is 2. The smallest absolute Gasteiger partial charge is 0.238 e. The summed E-state index contributed by atoms with van der Waals surface area (Å²) in [5.41, 5.74) is 0.994. The average Bonchev–Trinajstić information content (AvgIpc) is 3.37. The Morgan fingerprint density at radius 2 is 1.93 bits per heavy atom. The van der Waals surface area contributed by atoms with E-state index in [2.05, 4.69) is 10.8 Å². The molecule has 1 saturated carbocycles. The van der Waals surface area contributed by atoms with Gasteiger partial charge in [-0.2, -0.15) is 0 Å². The molecule has 0 aromatic heterocycles. The van der Waals surface area contributed by atoms with Gasteiger partial charge in [0.15, 0.2) is 0 Å². The predicted octanol–water partition coefficient (Wildman–Crippen LogP) is 2.01. The second-order valence-corrected chi connectivity index (χ2v) is 9.76. The Kier molecular flexibility index (Phi) is 4.58. The van der Waals surface area contributed by atoms with Gasteiger partial charge in [0.2, 0.25) is 21.8 Å². The highest BCUT2D eigenvalue weighted by Crippen LogP contribution is 2.42. The van der Waals surface area contributed by atoms with Gasteiger partial charge in [-0.1, -0.05) is 42.5 Å². The zero-order chi connectivity index (χ0) is 19.2. The molecular weight excluding hydrogens is 364 g/mol. The highest BCUT2D eigenvalue weighted by molar-refractivity contribution is 7.90. The summed E-state index contributed by atoms with van der Waals surface area (Å²) in [6.45, 7) is 2.17. The lowest BCUT2D eigenvalue weighted by atomic mass is 10.1. The Morgan fingerprint density at radius 3 is 2.56 bits per heavy atom. The lowest BCUT2D eigenvalue weighted by molar-refractivity contribution is -0.130. The van der Waals surface area contributed by atoms with Crippen LogP contribution in [0.2, 0.25) is 0 Å². The maximum atomic E-state index is 12.6. The van der Waals surface area contributed by atoms with E-state index in [0.717, 1.165) is 12.0 Å². The molecule has 27 heavy (non-hydrogen) atoms. The van der Waals surface area contributed by atoms with Gasteiger partial charge in [-0.05, 0) is 37.2 Å². The van der Waals surface area contributed by atoms with Crippen LogP contribution in [-0.4, -0.2) is 36.9 Å². The normalized spacial score (nSPS) is 30.7. The Morgan fingerprint density at radius 1 is 1.19 bits per heavy atom.